The molecule has 0 aliphatic carbocycles. The van der Waals surface area contributed by atoms with Gasteiger partial charge in [0.15, 0.2) is 5.75 Å². The molecule has 0 aliphatic rings. The van der Waals surface area contributed by atoms with Crippen LogP contribution in [0.1, 0.15) is 12.6 Å². The third-order valence-electron chi connectivity index (χ3n) is 2.42. The number of pyridine rings is 1. The molecular formula is C14H15N3O2. The Morgan fingerprint density at radius 2 is 2.16 bits per heavy atom. The molecule has 1 aromatic heterocycles. The molecule has 0 bridgehead atoms. The Balaban J connectivity index is 2.24. The molecule has 5 nitrogen and oxygen atoms in total. The highest BCUT2D eigenvalue weighted by molar-refractivity contribution is 5.90. The van der Waals surface area contributed by atoms with E-state index in [4.69, 9.17) is 10.5 Å². The fraction of sp³-hybridized carbons (Fsp3) is 0.143. The summed E-state index contributed by atoms with van der Waals surface area (Å²) in [5.41, 5.74) is 6.90. The molecule has 0 spiro atoms. The Labute approximate surface area is 111 Å². The van der Waals surface area contributed by atoms with Gasteiger partial charge < -0.3 is 15.8 Å². The van der Waals surface area contributed by atoms with Crippen molar-refractivity contribution >= 4 is 11.6 Å². The van der Waals surface area contributed by atoms with Gasteiger partial charge in [0.1, 0.15) is 5.75 Å². The smallest absolute Gasteiger partial charge is 0.221 e. The van der Waals surface area contributed by atoms with Crippen molar-refractivity contribution < 1.29 is 9.53 Å². The predicted molar refractivity (Wildman–Crippen MR) is 72.9 cm³/mol. The van der Waals surface area contributed by atoms with Crippen LogP contribution in [0, 0.1) is 0 Å². The number of para-hydroxylation sites is 2. The number of benzene rings is 1. The zero-order valence-electron chi connectivity index (χ0n) is 10.6. The van der Waals surface area contributed by atoms with Crippen molar-refractivity contribution in [2.45, 2.75) is 13.5 Å². The predicted octanol–water partition coefficient (Wildman–Crippen LogP) is 2.29. The molecule has 2 rings (SSSR count). The largest absolute Gasteiger partial charge is 0.455 e. The van der Waals surface area contributed by atoms with E-state index in [0.717, 1.165) is 5.69 Å². The molecule has 1 aromatic carbocycles. The first-order valence-corrected chi connectivity index (χ1v) is 5.88. The summed E-state index contributed by atoms with van der Waals surface area (Å²) in [6.07, 6.45) is 1.64. The van der Waals surface area contributed by atoms with Gasteiger partial charge in [-0.2, -0.15) is 0 Å². The molecule has 0 radical (unpaired) electrons. The van der Waals surface area contributed by atoms with E-state index in [2.05, 4.69) is 10.3 Å². The average Bonchev–Trinajstić information content (AvgIpc) is 2.41. The van der Waals surface area contributed by atoms with Gasteiger partial charge in [-0.05, 0) is 18.2 Å². The fourth-order valence-electron chi connectivity index (χ4n) is 1.61. The summed E-state index contributed by atoms with van der Waals surface area (Å²) in [6, 6.07) is 10.7. The van der Waals surface area contributed by atoms with Gasteiger partial charge in [0, 0.05) is 25.7 Å². The van der Waals surface area contributed by atoms with E-state index in [1.165, 1.54) is 6.92 Å². The summed E-state index contributed by atoms with van der Waals surface area (Å²) in [4.78, 5) is 15.2. The summed E-state index contributed by atoms with van der Waals surface area (Å²) < 4.78 is 5.74. The first-order chi connectivity index (χ1) is 9.19. The van der Waals surface area contributed by atoms with Gasteiger partial charge in [-0.25, -0.2) is 0 Å². The van der Waals surface area contributed by atoms with E-state index in [1.54, 1.807) is 30.5 Å². The zero-order chi connectivity index (χ0) is 13.7. The number of hydrogen-bond acceptors (Lipinski definition) is 4. The zero-order valence-corrected chi connectivity index (χ0v) is 10.6. The number of rotatable bonds is 4. The molecule has 0 aliphatic heterocycles. The molecule has 0 saturated carbocycles. The molecule has 0 fully saturated rings. The molecule has 1 heterocycles. The average molecular weight is 257 g/mol. The Kier molecular flexibility index (Phi) is 4.10. The van der Waals surface area contributed by atoms with Crippen molar-refractivity contribution in [3.8, 4) is 11.5 Å². The normalized spacial score (nSPS) is 10.0. The Hall–Kier alpha value is -2.40. The van der Waals surface area contributed by atoms with Crippen molar-refractivity contribution in [2.75, 3.05) is 5.32 Å². The third-order valence-corrected chi connectivity index (χ3v) is 2.42. The Morgan fingerprint density at radius 3 is 2.89 bits per heavy atom. The lowest BCUT2D eigenvalue weighted by molar-refractivity contribution is -0.114. The first-order valence-electron chi connectivity index (χ1n) is 5.88. The number of ether oxygens (including phenoxy) is 1. The molecule has 19 heavy (non-hydrogen) atoms. The van der Waals surface area contributed by atoms with Crippen molar-refractivity contribution in [1.82, 2.24) is 4.98 Å². The molecule has 0 saturated heterocycles. The minimum absolute atomic E-state index is 0.145. The highest BCUT2D eigenvalue weighted by atomic mass is 16.5. The van der Waals surface area contributed by atoms with Gasteiger partial charge in [-0.3, -0.25) is 9.78 Å². The van der Waals surface area contributed by atoms with E-state index >= 15 is 0 Å². The van der Waals surface area contributed by atoms with Crippen LogP contribution >= 0.6 is 0 Å². The van der Waals surface area contributed by atoms with E-state index in [1.807, 2.05) is 12.1 Å². The Morgan fingerprint density at radius 1 is 1.37 bits per heavy atom. The van der Waals surface area contributed by atoms with Crippen molar-refractivity contribution in [3.05, 3.63) is 48.3 Å². The minimum atomic E-state index is -0.145. The third kappa shape index (κ3) is 3.53. The van der Waals surface area contributed by atoms with E-state index < -0.39 is 0 Å². The number of nitrogens with zero attached hydrogens (tertiary/aromatic N) is 1. The van der Waals surface area contributed by atoms with E-state index in [0.29, 0.717) is 23.7 Å². The number of anilines is 1. The van der Waals surface area contributed by atoms with Crippen LogP contribution in [0.15, 0.2) is 42.6 Å². The molecule has 0 atom stereocenters. The second kappa shape index (κ2) is 5.97. The summed E-state index contributed by atoms with van der Waals surface area (Å²) in [6.45, 7) is 1.81. The highest BCUT2D eigenvalue weighted by Crippen LogP contribution is 2.29. The lowest BCUT2D eigenvalue weighted by atomic mass is 10.3. The topological polar surface area (TPSA) is 77.2 Å². The van der Waals surface area contributed by atoms with Gasteiger partial charge in [-0.1, -0.05) is 12.1 Å². The molecule has 2 aromatic rings. The van der Waals surface area contributed by atoms with Crippen molar-refractivity contribution in [2.24, 2.45) is 5.73 Å². The van der Waals surface area contributed by atoms with Crippen LogP contribution in [0.25, 0.3) is 0 Å². The number of hydrogen-bond donors (Lipinski definition) is 2. The molecule has 5 heteroatoms. The SMILES string of the molecule is CC(=O)Nc1ccccc1Oc1ccnc(CN)c1. The molecule has 0 unspecified atom stereocenters. The van der Waals surface area contributed by atoms with Crippen LogP contribution in [0.2, 0.25) is 0 Å². The Bertz CT molecular complexity index is 584. The second-order valence-corrected chi connectivity index (χ2v) is 3.97. The van der Waals surface area contributed by atoms with Crippen LogP contribution in [-0.4, -0.2) is 10.9 Å². The summed E-state index contributed by atoms with van der Waals surface area (Å²) in [5.74, 6) is 1.06. The first kappa shape index (κ1) is 13.0. The lowest BCUT2D eigenvalue weighted by Gasteiger charge is -2.11. The molecule has 98 valence electrons. The van der Waals surface area contributed by atoms with Crippen LogP contribution in [0.3, 0.4) is 0 Å². The lowest BCUT2D eigenvalue weighted by Crippen LogP contribution is -2.06. The monoisotopic (exact) mass is 257 g/mol. The van der Waals surface area contributed by atoms with Crippen LogP contribution in [-0.2, 0) is 11.3 Å². The quantitative estimate of drug-likeness (QED) is 0.881. The highest BCUT2D eigenvalue weighted by Gasteiger charge is 2.06. The van der Waals surface area contributed by atoms with Crippen LogP contribution < -0.4 is 15.8 Å². The maximum Gasteiger partial charge on any atom is 0.221 e. The number of nitrogens with two attached hydrogens (primary N) is 1. The van der Waals surface area contributed by atoms with Gasteiger partial charge >= 0.3 is 0 Å². The fourth-order valence-corrected chi connectivity index (χ4v) is 1.61. The number of amides is 1. The second-order valence-electron chi connectivity index (χ2n) is 3.97. The van der Waals surface area contributed by atoms with Gasteiger partial charge in [0.25, 0.3) is 0 Å². The van der Waals surface area contributed by atoms with Crippen LogP contribution in [0.5, 0.6) is 11.5 Å². The number of aromatic nitrogens is 1. The number of nitrogens with one attached hydrogen (secondary N) is 1. The minimum Gasteiger partial charge on any atom is -0.455 e. The van der Waals surface area contributed by atoms with Gasteiger partial charge in [0.05, 0.1) is 11.4 Å². The summed E-state index contributed by atoms with van der Waals surface area (Å²) >= 11 is 0. The van der Waals surface area contributed by atoms with Crippen LogP contribution in [0.4, 0.5) is 5.69 Å². The van der Waals surface area contributed by atoms with E-state index in [-0.39, 0.29) is 5.91 Å². The maximum atomic E-state index is 11.1. The van der Waals surface area contributed by atoms with E-state index in [9.17, 15) is 4.79 Å². The maximum absolute atomic E-state index is 11.1. The van der Waals surface area contributed by atoms with Gasteiger partial charge in [-0.15, -0.1) is 0 Å². The van der Waals surface area contributed by atoms with Crippen molar-refractivity contribution in [1.29, 1.82) is 0 Å². The molecule has 3 N–H and O–H groups in total. The molecule has 1 amide bonds. The summed E-state index contributed by atoms with van der Waals surface area (Å²) in [7, 11) is 0. The molecular weight excluding hydrogens is 242 g/mol. The van der Waals surface area contributed by atoms with Gasteiger partial charge in [0.2, 0.25) is 5.91 Å². The number of carbonyl (C=O) groups is 1. The summed E-state index contributed by atoms with van der Waals surface area (Å²) in [5, 5.41) is 2.72. The standard InChI is InChI=1S/C14H15N3O2/c1-10(18)17-13-4-2-3-5-14(13)19-12-6-7-16-11(8-12)9-15/h2-8H,9,15H2,1H3,(H,17,18). The van der Waals surface area contributed by atoms with Crippen molar-refractivity contribution in [3.63, 3.8) is 0 Å². The number of carbonyl (C=O) groups excluding carboxylic acids is 1.